The third kappa shape index (κ3) is 5.46. The van der Waals surface area contributed by atoms with Gasteiger partial charge < -0.3 is 35.6 Å². The minimum Gasteiger partial charge on any atom is -0.465 e. The van der Waals surface area contributed by atoms with Crippen LogP contribution in [0.15, 0.2) is 24.3 Å². The molecule has 41 heavy (non-hydrogen) atoms. The monoisotopic (exact) mass is 562 g/mol. The molecule has 3 fully saturated rings. The van der Waals surface area contributed by atoms with Gasteiger partial charge in [-0.25, -0.2) is 4.79 Å². The second kappa shape index (κ2) is 10.7. The fourth-order valence-electron chi connectivity index (χ4n) is 6.89. The molecule has 2 aromatic rings. The van der Waals surface area contributed by atoms with Crippen LogP contribution in [0.1, 0.15) is 56.0 Å². The zero-order valence-electron chi connectivity index (χ0n) is 24.1. The smallest absolute Gasteiger partial charge is 0.407 e. The molecule has 3 aliphatic rings. The molecule has 3 saturated heterocycles. The Kier molecular flexibility index (Phi) is 7.42. The fourth-order valence-corrected chi connectivity index (χ4v) is 6.89. The Hall–Kier alpha value is -4.11. The molecule has 4 N–H and O–H groups in total. The van der Waals surface area contributed by atoms with Crippen LogP contribution >= 0.6 is 0 Å². The minimum atomic E-state index is -0.911. The van der Waals surface area contributed by atoms with E-state index < -0.39 is 12.0 Å². The lowest BCUT2D eigenvalue weighted by molar-refractivity contribution is -0.0946. The van der Waals surface area contributed by atoms with Crippen molar-refractivity contribution in [3.63, 3.8) is 0 Å². The molecular formula is C29H38N8O4. The van der Waals surface area contributed by atoms with Crippen molar-refractivity contribution in [2.45, 2.75) is 52.1 Å². The fraction of sp³-hybridized carbons (Fsp3) is 0.552. The van der Waals surface area contributed by atoms with E-state index in [0.29, 0.717) is 43.3 Å². The predicted molar refractivity (Wildman–Crippen MR) is 153 cm³/mol. The van der Waals surface area contributed by atoms with Gasteiger partial charge in [-0.2, -0.15) is 15.2 Å². The lowest BCUT2D eigenvalue weighted by Crippen LogP contribution is -2.71. The number of nitriles is 1. The summed E-state index contributed by atoms with van der Waals surface area (Å²) in [6.07, 6.45) is 1.99. The Morgan fingerprint density at radius 3 is 2.68 bits per heavy atom. The standard InChI is InChI=1S/C29H38N8O4/c1-28(2,3)25-29(17-37(25)27(39)40)10-12-36(16-29)24-21(14-30)23(32-19-8-5-7-18(13-19)22(31)38)33-26(34-24)41-15-20-9-6-11-35(20)4/h5,7-8,13,20,25H,6,9-12,15-17H2,1-4H3,(H2,31,38)(H,39,40)(H,32,33,34). The van der Waals surface area contributed by atoms with Crippen LogP contribution in [-0.2, 0) is 0 Å². The summed E-state index contributed by atoms with van der Waals surface area (Å²) in [5.74, 6) is 0.154. The average molecular weight is 563 g/mol. The van der Waals surface area contributed by atoms with Gasteiger partial charge in [0.15, 0.2) is 11.6 Å². The first-order valence-electron chi connectivity index (χ1n) is 14.0. The Labute approximate surface area is 240 Å². The van der Waals surface area contributed by atoms with Crippen LogP contribution in [0.5, 0.6) is 6.01 Å². The lowest BCUT2D eigenvalue weighted by Gasteiger charge is -2.59. The van der Waals surface area contributed by atoms with Crippen molar-refractivity contribution in [1.82, 2.24) is 19.8 Å². The maximum absolute atomic E-state index is 12.0. The van der Waals surface area contributed by atoms with Crippen molar-refractivity contribution < 1.29 is 19.4 Å². The third-order valence-corrected chi connectivity index (χ3v) is 8.60. The number of nitrogens with zero attached hydrogens (tertiary/aromatic N) is 6. The highest BCUT2D eigenvalue weighted by atomic mass is 16.5. The van der Waals surface area contributed by atoms with Crippen molar-refractivity contribution in [2.24, 2.45) is 16.6 Å². The number of nitrogens with one attached hydrogen (secondary N) is 1. The van der Waals surface area contributed by atoms with E-state index in [9.17, 15) is 20.0 Å². The number of benzene rings is 1. The summed E-state index contributed by atoms with van der Waals surface area (Å²) in [5.41, 5.74) is 6.09. The summed E-state index contributed by atoms with van der Waals surface area (Å²) in [6.45, 7) is 9.25. The van der Waals surface area contributed by atoms with Crippen LogP contribution in [0.3, 0.4) is 0 Å². The molecule has 12 heteroatoms. The number of aromatic nitrogens is 2. The quantitative estimate of drug-likeness (QED) is 0.457. The first-order valence-corrected chi connectivity index (χ1v) is 14.0. The molecule has 1 aromatic carbocycles. The number of likely N-dealkylation sites (N-methyl/N-ethyl adjacent to an activating group) is 1. The van der Waals surface area contributed by atoms with Gasteiger partial charge in [-0.3, -0.25) is 4.79 Å². The molecule has 0 radical (unpaired) electrons. The van der Waals surface area contributed by atoms with E-state index in [4.69, 9.17) is 15.5 Å². The molecule has 3 aliphatic heterocycles. The summed E-state index contributed by atoms with van der Waals surface area (Å²) < 4.78 is 6.12. The van der Waals surface area contributed by atoms with Gasteiger partial charge >= 0.3 is 12.1 Å². The van der Waals surface area contributed by atoms with Crippen LogP contribution in [0.4, 0.5) is 22.1 Å². The van der Waals surface area contributed by atoms with Gasteiger partial charge in [0.05, 0.1) is 0 Å². The van der Waals surface area contributed by atoms with Gasteiger partial charge in [-0.05, 0) is 56.5 Å². The van der Waals surface area contributed by atoms with Crippen molar-refractivity contribution in [3.8, 4) is 12.1 Å². The van der Waals surface area contributed by atoms with Crippen molar-refractivity contribution in [2.75, 3.05) is 50.1 Å². The number of hydrogen-bond acceptors (Lipinski definition) is 9. The van der Waals surface area contributed by atoms with Crippen LogP contribution in [-0.4, -0.2) is 88.8 Å². The molecule has 3 atom stereocenters. The Bertz CT molecular complexity index is 1390. The molecule has 0 bridgehead atoms. The number of likely N-dealkylation sites (tertiary alicyclic amines) is 2. The van der Waals surface area contributed by atoms with Gasteiger partial charge in [0.1, 0.15) is 18.2 Å². The number of carbonyl (C=O) groups is 2. The number of rotatable bonds is 7. The maximum atomic E-state index is 12.0. The lowest BCUT2D eigenvalue weighted by atomic mass is 9.61. The number of ether oxygens (including phenoxy) is 1. The Balaban J connectivity index is 1.49. The number of amides is 2. The molecule has 1 spiro atoms. The number of anilines is 3. The van der Waals surface area contributed by atoms with Crippen molar-refractivity contribution in [1.29, 1.82) is 5.26 Å². The molecule has 218 valence electrons. The third-order valence-electron chi connectivity index (χ3n) is 8.60. The molecule has 2 amide bonds. The summed E-state index contributed by atoms with van der Waals surface area (Å²) in [6, 6.07) is 9.20. The first-order chi connectivity index (χ1) is 19.4. The predicted octanol–water partition coefficient (Wildman–Crippen LogP) is 3.27. The number of hydrogen-bond donors (Lipinski definition) is 3. The number of nitrogens with two attached hydrogens (primary N) is 1. The van der Waals surface area contributed by atoms with Gasteiger partial charge in [-0.15, -0.1) is 0 Å². The van der Waals surface area contributed by atoms with E-state index in [1.54, 1.807) is 24.3 Å². The van der Waals surface area contributed by atoms with Gasteiger partial charge in [0, 0.05) is 48.4 Å². The number of primary amides is 1. The summed E-state index contributed by atoms with van der Waals surface area (Å²) in [5, 5.41) is 23.3. The largest absolute Gasteiger partial charge is 0.465 e. The van der Waals surface area contributed by atoms with Crippen LogP contribution in [0.25, 0.3) is 0 Å². The molecule has 0 saturated carbocycles. The topological polar surface area (TPSA) is 161 Å². The highest BCUT2D eigenvalue weighted by molar-refractivity contribution is 5.94. The normalized spacial score (nSPS) is 24.3. The van der Waals surface area contributed by atoms with Crippen LogP contribution < -0.4 is 20.7 Å². The van der Waals surface area contributed by atoms with Crippen LogP contribution in [0, 0.1) is 22.2 Å². The molecule has 1 aromatic heterocycles. The molecular weight excluding hydrogens is 524 g/mol. The molecule has 3 unspecified atom stereocenters. The second-order valence-electron chi connectivity index (χ2n) is 12.5. The highest BCUT2D eigenvalue weighted by Gasteiger charge is 2.61. The average Bonchev–Trinajstić information content (AvgIpc) is 3.52. The van der Waals surface area contributed by atoms with E-state index in [1.807, 2.05) is 0 Å². The Morgan fingerprint density at radius 2 is 2.05 bits per heavy atom. The molecule has 12 nitrogen and oxygen atoms in total. The van der Waals surface area contributed by atoms with E-state index in [-0.39, 0.29) is 40.3 Å². The molecule has 0 aliphatic carbocycles. The van der Waals surface area contributed by atoms with E-state index >= 15 is 0 Å². The number of carboxylic acid groups (broad SMARTS) is 1. The summed E-state index contributed by atoms with van der Waals surface area (Å²) in [4.78, 5) is 38.8. The van der Waals surface area contributed by atoms with Gasteiger partial charge in [0.25, 0.3) is 0 Å². The highest BCUT2D eigenvalue weighted by Crippen LogP contribution is 2.53. The molecule has 5 rings (SSSR count). The Morgan fingerprint density at radius 1 is 1.27 bits per heavy atom. The van der Waals surface area contributed by atoms with E-state index in [1.165, 1.54) is 4.90 Å². The zero-order chi connectivity index (χ0) is 29.5. The summed E-state index contributed by atoms with van der Waals surface area (Å²) in [7, 11) is 2.07. The van der Waals surface area contributed by atoms with Crippen molar-refractivity contribution in [3.05, 3.63) is 35.4 Å². The second-order valence-corrected chi connectivity index (χ2v) is 12.5. The summed E-state index contributed by atoms with van der Waals surface area (Å²) >= 11 is 0. The van der Waals surface area contributed by atoms with E-state index in [0.717, 1.165) is 25.8 Å². The van der Waals surface area contributed by atoms with Crippen LogP contribution in [0.2, 0.25) is 0 Å². The minimum absolute atomic E-state index is 0.155. The first kappa shape index (κ1) is 28.4. The maximum Gasteiger partial charge on any atom is 0.407 e. The van der Waals surface area contributed by atoms with Gasteiger partial charge in [0.2, 0.25) is 5.91 Å². The van der Waals surface area contributed by atoms with Gasteiger partial charge in [-0.1, -0.05) is 26.8 Å². The van der Waals surface area contributed by atoms with E-state index in [2.05, 4.69) is 54.0 Å². The molecule has 4 heterocycles. The SMILES string of the molecule is CN1CCCC1COc1nc(Nc2cccc(C(N)=O)c2)c(C#N)c(N2CCC3(C2)CN(C(=O)O)C3C(C)(C)C)n1. The zero-order valence-corrected chi connectivity index (χ0v) is 24.1. The number of carbonyl (C=O) groups excluding carboxylic acids is 1. The van der Waals surface area contributed by atoms with Crippen molar-refractivity contribution >= 4 is 29.3 Å².